The van der Waals surface area contributed by atoms with Gasteiger partial charge in [0.15, 0.2) is 0 Å². The number of hydrogen-bond donors (Lipinski definition) is 1. The molecule has 3 atom stereocenters. The molecule has 0 spiro atoms. The van der Waals surface area contributed by atoms with Gasteiger partial charge in [0.25, 0.3) is 0 Å². The van der Waals surface area contributed by atoms with Crippen LogP contribution in [-0.2, 0) is 4.74 Å². The molecule has 1 fully saturated rings. The Kier molecular flexibility index (Phi) is 7.84. The van der Waals surface area contributed by atoms with Crippen molar-refractivity contribution in [2.24, 2.45) is 0 Å². The van der Waals surface area contributed by atoms with Gasteiger partial charge in [0.05, 0.1) is 12.5 Å². The average molecular weight is 323 g/mol. The molecule has 1 N–H and O–H groups in total. The molecule has 0 aromatic carbocycles. The molecule has 1 heterocycles. The van der Waals surface area contributed by atoms with Crippen molar-refractivity contribution >= 4 is 6.09 Å². The molecule has 0 aliphatic carbocycles. The van der Waals surface area contributed by atoms with Crippen LogP contribution in [0.1, 0.15) is 73.1 Å². The molecule has 1 saturated heterocycles. The minimum absolute atomic E-state index is 0.196. The average Bonchev–Trinajstić information content (AvgIpc) is 2.45. The Hall–Kier alpha value is -1.28. The summed E-state index contributed by atoms with van der Waals surface area (Å²) in [5, 5.41) is 12.4. The fourth-order valence-electron chi connectivity index (χ4n) is 3.12. The first-order valence-corrected chi connectivity index (χ1v) is 8.89. The molecule has 1 aliphatic heterocycles. The van der Waals surface area contributed by atoms with Crippen LogP contribution >= 0.6 is 0 Å². The van der Waals surface area contributed by atoms with Crippen LogP contribution in [0.25, 0.3) is 0 Å². The minimum atomic E-state index is -0.455. The van der Waals surface area contributed by atoms with Crippen molar-refractivity contribution in [1.82, 2.24) is 10.2 Å². The van der Waals surface area contributed by atoms with Gasteiger partial charge in [-0.15, -0.1) is 0 Å². The van der Waals surface area contributed by atoms with E-state index in [1.807, 2.05) is 25.7 Å². The first kappa shape index (κ1) is 19.8. The highest BCUT2D eigenvalue weighted by Crippen LogP contribution is 2.23. The van der Waals surface area contributed by atoms with Crippen molar-refractivity contribution in [3.05, 3.63) is 0 Å². The summed E-state index contributed by atoms with van der Waals surface area (Å²) in [5.41, 5.74) is -0.455. The second-order valence-corrected chi connectivity index (χ2v) is 7.59. The lowest BCUT2D eigenvalue weighted by Gasteiger charge is -2.38. The second kappa shape index (κ2) is 9.12. The smallest absolute Gasteiger partial charge is 0.410 e. The molecule has 0 bridgehead atoms. The van der Waals surface area contributed by atoms with E-state index in [0.29, 0.717) is 6.42 Å². The fourth-order valence-corrected chi connectivity index (χ4v) is 3.12. The summed E-state index contributed by atoms with van der Waals surface area (Å²) in [7, 11) is 0. The van der Waals surface area contributed by atoms with Crippen LogP contribution in [0.5, 0.6) is 0 Å². The maximum Gasteiger partial charge on any atom is 0.410 e. The minimum Gasteiger partial charge on any atom is -0.444 e. The number of likely N-dealkylation sites (tertiary alicyclic amines) is 1. The number of amides is 1. The number of carbonyl (C=O) groups excluding carboxylic acids is 1. The molecule has 5 nitrogen and oxygen atoms in total. The third kappa shape index (κ3) is 7.22. The van der Waals surface area contributed by atoms with E-state index >= 15 is 0 Å². The molecule has 5 heteroatoms. The number of ether oxygens (including phenoxy) is 1. The second-order valence-electron chi connectivity index (χ2n) is 7.59. The first-order chi connectivity index (χ1) is 10.8. The largest absolute Gasteiger partial charge is 0.444 e. The lowest BCUT2D eigenvalue weighted by atomic mass is 9.96. The summed E-state index contributed by atoms with van der Waals surface area (Å²) in [6, 6.07) is 2.97. The van der Waals surface area contributed by atoms with E-state index in [1.54, 1.807) is 0 Å². The van der Waals surface area contributed by atoms with Crippen molar-refractivity contribution in [3.63, 3.8) is 0 Å². The van der Waals surface area contributed by atoms with E-state index < -0.39 is 5.60 Å². The monoisotopic (exact) mass is 323 g/mol. The van der Waals surface area contributed by atoms with Gasteiger partial charge in [-0.3, -0.25) is 0 Å². The highest BCUT2D eigenvalue weighted by atomic mass is 16.6. The van der Waals surface area contributed by atoms with E-state index in [2.05, 4.69) is 25.2 Å². The van der Waals surface area contributed by atoms with Gasteiger partial charge < -0.3 is 15.0 Å². The topological polar surface area (TPSA) is 65.4 Å². The highest BCUT2D eigenvalue weighted by molar-refractivity contribution is 5.68. The van der Waals surface area contributed by atoms with Gasteiger partial charge >= 0.3 is 6.09 Å². The normalized spacial score (nSPS) is 21.4. The van der Waals surface area contributed by atoms with E-state index in [1.165, 1.54) is 0 Å². The van der Waals surface area contributed by atoms with Gasteiger partial charge in [-0.25, -0.2) is 4.79 Å². The van der Waals surface area contributed by atoms with Gasteiger partial charge in [0, 0.05) is 24.7 Å². The number of piperidine rings is 1. The lowest BCUT2D eigenvalue weighted by molar-refractivity contribution is 0.00778. The predicted molar refractivity (Wildman–Crippen MR) is 92.1 cm³/mol. The zero-order valence-corrected chi connectivity index (χ0v) is 15.4. The Bertz CT molecular complexity index is 411. The van der Waals surface area contributed by atoms with Crippen LogP contribution in [0.4, 0.5) is 4.79 Å². The van der Waals surface area contributed by atoms with Crippen LogP contribution in [0, 0.1) is 11.3 Å². The summed E-state index contributed by atoms with van der Waals surface area (Å²) in [6.45, 7) is 10.7. The number of hydrogen-bond acceptors (Lipinski definition) is 4. The molecular weight excluding hydrogens is 290 g/mol. The number of nitrogens with one attached hydrogen (secondary N) is 1. The Balaban J connectivity index is 2.60. The van der Waals surface area contributed by atoms with Crippen LogP contribution in [0.15, 0.2) is 0 Å². The van der Waals surface area contributed by atoms with Crippen molar-refractivity contribution in [3.8, 4) is 6.07 Å². The summed E-state index contributed by atoms with van der Waals surface area (Å²) >= 11 is 0. The van der Waals surface area contributed by atoms with Crippen LogP contribution in [0.2, 0.25) is 0 Å². The molecule has 132 valence electrons. The Morgan fingerprint density at radius 3 is 2.70 bits per heavy atom. The molecular formula is C18H33N3O2. The number of carbonyl (C=O) groups is 1. The third-order valence-corrected chi connectivity index (χ3v) is 4.23. The molecule has 1 amide bonds. The molecule has 0 aromatic heterocycles. The Morgan fingerprint density at radius 1 is 1.43 bits per heavy atom. The summed E-state index contributed by atoms with van der Waals surface area (Å²) in [5.74, 6) is 0. The van der Waals surface area contributed by atoms with Crippen LogP contribution in [-0.4, -0.2) is 41.3 Å². The first-order valence-electron chi connectivity index (χ1n) is 8.89. The molecule has 0 saturated carbocycles. The van der Waals surface area contributed by atoms with Gasteiger partial charge in [0.2, 0.25) is 0 Å². The van der Waals surface area contributed by atoms with Crippen molar-refractivity contribution in [1.29, 1.82) is 5.26 Å². The number of rotatable bonds is 6. The van der Waals surface area contributed by atoms with E-state index in [0.717, 1.165) is 38.6 Å². The van der Waals surface area contributed by atoms with E-state index in [4.69, 9.17) is 10.00 Å². The maximum atomic E-state index is 12.4. The predicted octanol–water partition coefficient (Wildman–Crippen LogP) is 3.84. The number of nitriles is 1. The lowest BCUT2D eigenvalue weighted by Crippen LogP contribution is -2.49. The third-order valence-electron chi connectivity index (χ3n) is 4.23. The van der Waals surface area contributed by atoms with Crippen LogP contribution < -0.4 is 5.32 Å². The highest BCUT2D eigenvalue weighted by Gasteiger charge is 2.31. The van der Waals surface area contributed by atoms with Gasteiger partial charge in [0.1, 0.15) is 5.60 Å². The van der Waals surface area contributed by atoms with Crippen molar-refractivity contribution < 1.29 is 9.53 Å². The molecule has 1 aliphatic rings. The standard InChI is InChI=1S/C18H33N3O2/c1-6-15(10-11-19)20-14(2)13-16-9-7-8-12-21(16)17(22)23-18(3,4)5/h14-16,20H,6-10,12-13H2,1-5H3. The zero-order valence-electron chi connectivity index (χ0n) is 15.4. The SMILES string of the molecule is CCC(CC#N)NC(C)CC1CCCCN1C(=O)OC(C)(C)C. The van der Waals surface area contributed by atoms with Crippen molar-refractivity contribution in [2.75, 3.05) is 6.54 Å². The zero-order chi connectivity index (χ0) is 17.5. The molecule has 0 radical (unpaired) electrons. The molecule has 23 heavy (non-hydrogen) atoms. The van der Waals surface area contributed by atoms with Crippen molar-refractivity contribution in [2.45, 2.75) is 96.9 Å². The summed E-state index contributed by atoms with van der Waals surface area (Å²) in [4.78, 5) is 14.3. The molecule has 1 rings (SSSR count). The van der Waals surface area contributed by atoms with Crippen LogP contribution in [0.3, 0.4) is 0 Å². The molecule has 3 unspecified atom stereocenters. The number of nitrogens with zero attached hydrogens (tertiary/aromatic N) is 2. The quantitative estimate of drug-likeness (QED) is 0.806. The van der Waals surface area contributed by atoms with E-state index in [9.17, 15) is 4.79 Å². The summed E-state index contributed by atoms with van der Waals surface area (Å²) in [6.07, 6.45) is 5.41. The van der Waals surface area contributed by atoms with Gasteiger partial charge in [-0.1, -0.05) is 6.92 Å². The summed E-state index contributed by atoms with van der Waals surface area (Å²) < 4.78 is 5.55. The van der Waals surface area contributed by atoms with E-state index in [-0.39, 0.29) is 24.2 Å². The van der Waals surface area contributed by atoms with Gasteiger partial charge in [-0.2, -0.15) is 5.26 Å². The maximum absolute atomic E-state index is 12.4. The van der Waals surface area contributed by atoms with Gasteiger partial charge in [-0.05, 0) is 59.8 Å². The Labute approximate surface area is 141 Å². The fraction of sp³-hybridized carbons (Fsp3) is 0.889. The Morgan fingerprint density at radius 2 is 2.13 bits per heavy atom. The molecule has 0 aromatic rings.